The van der Waals surface area contributed by atoms with Crippen LogP contribution in [0, 0.1) is 0 Å². The van der Waals surface area contributed by atoms with Crippen molar-refractivity contribution in [1.82, 2.24) is 0 Å². The molecule has 8 aromatic carbocycles. The lowest BCUT2D eigenvalue weighted by atomic mass is 9.84. The van der Waals surface area contributed by atoms with E-state index in [1.54, 1.807) is 30.3 Å². The first kappa shape index (κ1) is 12.8. The van der Waals surface area contributed by atoms with E-state index in [1.807, 2.05) is 42.5 Å². The second-order valence-corrected chi connectivity index (χ2v) is 9.42. The van der Waals surface area contributed by atoms with Crippen molar-refractivity contribution in [3.8, 4) is 33.4 Å². The molecule has 0 bridgehead atoms. The molecule has 0 heteroatoms. The minimum absolute atomic E-state index is 0.0273. The van der Waals surface area contributed by atoms with Crippen molar-refractivity contribution < 1.29 is 19.2 Å². The SMILES string of the molecule is [2H]c1c([2H])c([2H])c2c(-c3cccc(-c4c5ccccc5c(-c5c([2H])c([2H])c([2H])c6c([2H])c([2H])c([2H])c([2H])c56)c5ccccc45)c3)c([2H])c([2H])c([2H])c2c1[2H]. The monoisotopic (exact) mass is 520 g/mol. The van der Waals surface area contributed by atoms with Crippen LogP contribution >= 0.6 is 0 Å². The van der Waals surface area contributed by atoms with Gasteiger partial charge in [-0.1, -0.05) is 151 Å². The Morgan fingerprint density at radius 3 is 1.45 bits per heavy atom. The Morgan fingerprint density at radius 2 is 0.825 bits per heavy atom. The van der Waals surface area contributed by atoms with E-state index in [-0.39, 0.29) is 44.8 Å². The summed E-state index contributed by atoms with van der Waals surface area (Å²) in [5.74, 6) is 0. The Morgan fingerprint density at radius 1 is 0.350 bits per heavy atom. The van der Waals surface area contributed by atoms with E-state index in [4.69, 9.17) is 19.2 Å². The summed E-state index contributed by atoms with van der Waals surface area (Å²) in [6.07, 6.45) is 0. The van der Waals surface area contributed by atoms with Gasteiger partial charge in [0.15, 0.2) is 0 Å². The van der Waals surface area contributed by atoms with Crippen LogP contribution in [0.1, 0.15) is 19.2 Å². The van der Waals surface area contributed by atoms with Crippen molar-refractivity contribution in [2.24, 2.45) is 0 Å². The van der Waals surface area contributed by atoms with Crippen LogP contribution in [0.2, 0.25) is 0 Å². The van der Waals surface area contributed by atoms with Crippen molar-refractivity contribution in [3.63, 3.8) is 0 Å². The zero-order chi connectivity index (χ0) is 38.7. The molecule has 0 aromatic heterocycles. The van der Waals surface area contributed by atoms with Crippen LogP contribution in [-0.2, 0) is 0 Å². The summed E-state index contributed by atoms with van der Waals surface area (Å²) >= 11 is 0. The highest BCUT2D eigenvalue weighted by Gasteiger charge is 2.18. The summed E-state index contributed by atoms with van der Waals surface area (Å²) in [5.41, 5.74) is 2.38. The topological polar surface area (TPSA) is 0 Å². The van der Waals surface area contributed by atoms with Gasteiger partial charge >= 0.3 is 0 Å². The molecule has 186 valence electrons. The highest BCUT2D eigenvalue weighted by Crippen LogP contribution is 2.45. The summed E-state index contributed by atoms with van der Waals surface area (Å²) in [6, 6.07) is 15.2. The predicted octanol–water partition coefficient (Wildman–Crippen LogP) is 11.3. The number of hydrogen-bond acceptors (Lipinski definition) is 0. The lowest BCUT2D eigenvalue weighted by Crippen LogP contribution is -1.92. The molecule has 0 saturated carbocycles. The van der Waals surface area contributed by atoms with Crippen molar-refractivity contribution in [2.75, 3.05) is 0 Å². The van der Waals surface area contributed by atoms with E-state index in [2.05, 4.69) is 0 Å². The molecule has 0 unspecified atom stereocenters. The molecule has 8 aromatic rings. The van der Waals surface area contributed by atoms with E-state index in [0.717, 1.165) is 0 Å². The lowest BCUT2D eigenvalue weighted by molar-refractivity contribution is 1.63. The van der Waals surface area contributed by atoms with Crippen LogP contribution in [0.25, 0.3) is 76.5 Å². The Bertz CT molecular complexity index is 2910. The van der Waals surface area contributed by atoms with Crippen LogP contribution < -0.4 is 0 Å². The smallest absolute Gasteiger partial charge is 0.0616 e. The molecule has 0 saturated heterocycles. The molecule has 0 nitrogen and oxygen atoms in total. The van der Waals surface area contributed by atoms with E-state index in [1.165, 1.54) is 0 Å². The van der Waals surface area contributed by atoms with E-state index in [0.29, 0.717) is 43.8 Å². The second-order valence-electron chi connectivity index (χ2n) is 9.42. The summed E-state index contributed by atoms with van der Waals surface area (Å²) in [5, 5.41) is 2.21. The van der Waals surface area contributed by atoms with Gasteiger partial charge in [0, 0.05) is 0 Å². The van der Waals surface area contributed by atoms with Gasteiger partial charge < -0.3 is 0 Å². The Kier molecular flexibility index (Phi) is 2.94. The number of fused-ring (bicyclic) bond motifs is 4. The Balaban J connectivity index is 1.51. The molecule has 0 aliphatic heterocycles. The standard InChI is InChI=1S/C40H26/c1-3-18-31-27(12-1)14-10-24-33(31)29-16-9-17-30(26-29)39-35-20-5-7-22-37(35)40(38-23-8-6-21-36(38)39)34-25-11-15-28-13-2-4-19-32(28)34/h1-26H/i1D,2D,3D,4D,10D,11D,12D,13D,14D,15D,18D,19D,24D,25D. The minimum Gasteiger partial charge on any atom is -0.0616 e. The zero-order valence-electron chi connectivity index (χ0n) is 34.9. The molecular formula is C40H26. The van der Waals surface area contributed by atoms with Gasteiger partial charge in [-0.3, -0.25) is 0 Å². The fourth-order valence-corrected chi connectivity index (χ4v) is 5.57. The average molecular weight is 521 g/mol. The Hall–Kier alpha value is -5.20. The third-order valence-electron chi connectivity index (χ3n) is 7.25. The highest BCUT2D eigenvalue weighted by atomic mass is 14.2. The summed E-state index contributed by atoms with van der Waals surface area (Å²) < 4.78 is 121. The third-order valence-corrected chi connectivity index (χ3v) is 7.25. The van der Waals surface area contributed by atoms with Gasteiger partial charge in [-0.2, -0.15) is 0 Å². The molecule has 0 aliphatic carbocycles. The van der Waals surface area contributed by atoms with E-state index in [9.17, 15) is 0 Å². The first-order chi connectivity index (χ1) is 25.7. The average Bonchev–Trinajstić information content (AvgIpc) is 3.18. The molecule has 8 rings (SSSR count). The van der Waals surface area contributed by atoms with Gasteiger partial charge in [0.05, 0.1) is 19.2 Å². The maximum atomic E-state index is 9.16. The van der Waals surface area contributed by atoms with Gasteiger partial charge in [-0.05, 0) is 82.5 Å². The number of hydrogen-bond donors (Lipinski definition) is 0. The van der Waals surface area contributed by atoms with Crippen LogP contribution in [0.3, 0.4) is 0 Å². The molecular weight excluding hydrogens is 480 g/mol. The largest absolute Gasteiger partial charge is 0.0629 e. The van der Waals surface area contributed by atoms with Crippen molar-refractivity contribution in [2.45, 2.75) is 0 Å². The second kappa shape index (κ2) is 9.22. The summed E-state index contributed by atoms with van der Waals surface area (Å²) in [4.78, 5) is 0. The van der Waals surface area contributed by atoms with Crippen LogP contribution in [0.15, 0.2) is 157 Å². The molecule has 40 heavy (non-hydrogen) atoms. The van der Waals surface area contributed by atoms with Gasteiger partial charge in [0.1, 0.15) is 0 Å². The van der Waals surface area contributed by atoms with Crippen molar-refractivity contribution in [1.29, 1.82) is 0 Å². The molecule has 0 amide bonds. The number of benzene rings is 8. The van der Waals surface area contributed by atoms with Crippen molar-refractivity contribution >= 4 is 43.1 Å². The molecule has 0 spiro atoms. The zero-order valence-corrected chi connectivity index (χ0v) is 20.9. The van der Waals surface area contributed by atoms with Gasteiger partial charge in [-0.15, -0.1) is 0 Å². The quantitative estimate of drug-likeness (QED) is 0.203. The molecule has 0 heterocycles. The summed E-state index contributed by atoms with van der Waals surface area (Å²) in [6.45, 7) is 0. The molecule has 0 radical (unpaired) electrons. The third kappa shape index (κ3) is 3.54. The highest BCUT2D eigenvalue weighted by molar-refractivity contribution is 6.23. The van der Waals surface area contributed by atoms with Crippen LogP contribution in [0.4, 0.5) is 0 Å². The molecule has 0 atom stereocenters. The first-order valence-electron chi connectivity index (χ1n) is 19.7. The summed E-state index contributed by atoms with van der Waals surface area (Å²) in [7, 11) is 0. The molecule has 0 fully saturated rings. The van der Waals surface area contributed by atoms with Crippen LogP contribution in [-0.4, -0.2) is 0 Å². The van der Waals surface area contributed by atoms with Gasteiger partial charge in [-0.25, -0.2) is 0 Å². The lowest BCUT2D eigenvalue weighted by Gasteiger charge is -2.19. The Labute approximate surface area is 253 Å². The maximum absolute atomic E-state index is 9.16. The van der Waals surface area contributed by atoms with Crippen molar-refractivity contribution in [3.05, 3.63) is 157 Å². The first-order valence-corrected chi connectivity index (χ1v) is 12.7. The maximum Gasteiger partial charge on any atom is 0.0629 e. The fourth-order valence-electron chi connectivity index (χ4n) is 5.57. The number of rotatable bonds is 3. The molecule has 0 N–H and O–H groups in total. The fraction of sp³-hybridized carbons (Fsp3) is 0. The van der Waals surface area contributed by atoms with Gasteiger partial charge in [0.25, 0.3) is 0 Å². The predicted molar refractivity (Wildman–Crippen MR) is 173 cm³/mol. The van der Waals surface area contributed by atoms with Gasteiger partial charge in [0.2, 0.25) is 0 Å². The van der Waals surface area contributed by atoms with Crippen LogP contribution in [0.5, 0.6) is 0 Å². The van der Waals surface area contributed by atoms with E-state index >= 15 is 0 Å². The van der Waals surface area contributed by atoms with E-state index < -0.39 is 72.5 Å². The normalized spacial score (nSPS) is 16.4. The molecule has 0 aliphatic rings. The minimum atomic E-state index is -0.539.